The second kappa shape index (κ2) is 24.3. The molecule has 2 aliphatic heterocycles. The van der Waals surface area contributed by atoms with Crippen LogP contribution in [-0.4, -0.2) is 133 Å². The number of aliphatic carboxylic acids is 1. The maximum atomic E-state index is 13.0. The number of anilines is 2. The lowest BCUT2D eigenvalue weighted by molar-refractivity contribution is -0.148. The molecule has 0 radical (unpaired) electrons. The van der Waals surface area contributed by atoms with Gasteiger partial charge in [-0.1, -0.05) is 99.2 Å². The minimum Gasteiger partial charge on any atom is -0.492 e. The molecular weight excluding hydrogens is 881 g/mol. The Morgan fingerprint density at radius 1 is 0.632 bits per heavy atom. The summed E-state index contributed by atoms with van der Waals surface area (Å²) < 4.78 is 14.4. The van der Waals surface area contributed by atoms with Crippen molar-refractivity contribution < 1.29 is 59.6 Å². The van der Waals surface area contributed by atoms with Crippen molar-refractivity contribution in [1.29, 1.82) is 0 Å². The van der Waals surface area contributed by atoms with Gasteiger partial charge < -0.3 is 55.9 Å². The lowest BCUT2D eigenvalue weighted by Crippen LogP contribution is -2.48. The quantitative estimate of drug-likeness (QED) is 0.0446. The zero-order valence-corrected chi connectivity index (χ0v) is 38.5. The highest BCUT2D eigenvalue weighted by atomic mass is 16.5. The van der Waals surface area contributed by atoms with Gasteiger partial charge >= 0.3 is 5.97 Å². The Morgan fingerprint density at radius 2 is 1.04 bits per heavy atom. The predicted octanol–water partition coefficient (Wildman–Crippen LogP) is 4.13. The van der Waals surface area contributed by atoms with Crippen molar-refractivity contribution in [3.63, 3.8) is 0 Å². The molecule has 0 bridgehead atoms. The summed E-state index contributed by atoms with van der Waals surface area (Å²) in [5.74, 6) is -2.39. The molecule has 10 atom stereocenters. The Bertz CT molecular complexity index is 2370. The fourth-order valence-corrected chi connectivity index (χ4v) is 8.69. The molecule has 0 unspecified atom stereocenters. The molecule has 6 rings (SSSR count). The third-order valence-corrected chi connectivity index (χ3v) is 12.6. The van der Waals surface area contributed by atoms with Gasteiger partial charge in [0.1, 0.15) is 48.0 Å². The molecule has 368 valence electrons. The summed E-state index contributed by atoms with van der Waals surface area (Å²) in [6.07, 6.45) is 6.89. The second-order valence-corrected chi connectivity index (χ2v) is 17.6. The standard InChI is InChI=1S/C48H64N8O12/c1-28-22-37(29(2)46(67-28)44(63)39(59)26-57)55-24-35(51-53-55)31-16-12-14-18-33(31)49-42(61)20-10-8-6-4-5-7-9-11-21-43(62)50-34-19-15-13-17-32(34)36-25-56(54-52-36)38-23-41(48(65)66)68-47(30(38)3)45(64)40(60)27-58/h12-19,22-25,29-30,37-40,44-47,57-60,63-64H,4-11,20-21,26-27H2,1-3H3,(H,49,61)(H,50,62)(H,65,66)/t29-,30-,37+,38+,39-,40-,44-,45-,46-,47-/m1/s1. The van der Waals surface area contributed by atoms with Crippen LogP contribution in [-0.2, 0) is 23.9 Å². The number of hydrogen-bond acceptors (Lipinski definition) is 15. The number of nitrogens with one attached hydrogen (secondary N) is 2. The van der Waals surface area contributed by atoms with Gasteiger partial charge in [-0.3, -0.25) is 9.59 Å². The third-order valence-electron chi connectivity index (χ3n) is 12.6. The molecule has 0 aliphatic carbocycles. The summed E-state index contributed by atoms with van der Waals surface area (Å²) >= 11 is 0. The monoisotopic (exact) mass is 944 g/mol. The Morgan fingerprint density at radius 3 is 1.49 bits per heavy atom. The molecule has 20 nitrogen and oxygen atoms in total. The first-order valence-corrected chi connectivity index (χ1v) is 23.2. The first-order chi connectivity index (χ1) is 32.7. The van der Waals surface area contributed by atoms with Gasteiger partial charge in [0, 0.05) is 35.8 Å². The van der Waals surface area contributed by atoms with Crippen LogP contribution in [0.15, 0.2) is 84.6 Å². The van der Waals surface area contributed by atoms with Gasteiger partial charge in [-0.2, -0.15) is 0 Å². The van der Waals surface area contributed by atoms with E-state index in [9.17, 15) is 50.1 Å². The Labute approximate surface area is 394 Å². The van der Waals surface area contributed by atoms with Gasteiger partial charge in [-0.25, -0.2) is 14.2 Å². The molecule has 2 aromatic heterocycles. The number of benzene rings is 2. The summed E-state index contributed by atoms with van der Waals surface area (Å²) in [6, 6.07) is 13.5. The van der Waals surface area contributed by atoms with Crippen LogP contribution < -0.4 is 10.6 Å². The van der Waals surface area contributed by atoms with E-state index >= 15 is 0 Å². The van der Waals surface area contributed by atoms with Crippen LogP contribution >= 0.6 is 0 Å². The van der Waals surface area contributed by atoms with Gasteiger partial charge in [0.15, 0.2) is 0 Å². The van der Waals surface area contributed by atoms with Gasteiger partial charge in [0.25, 0.3) is 0 Å². The number of hydrogen-bond donors (Lipinski definition) is 9. The molecule has 0 fully saturated rings. The summed E-state index contributed by atoms with van der Waals surface area (Å²) in [5, 5.41) is 93.0. The highest BCUT2D eigenvalue weighted by Gasteiger charge is 2.42. The lowest BCUT2D eigenvalue weighted by Gasteiger charge is -2.38. The largest absolute Gasteiger partial charge is 0.492 e. The Kier molecular flexibility index (Phi) is 18.4. The molecule has 9 N–H and O–H groups in total. The molecular formula is C48H64N8O12. The topological polar surface area (TPSA) is 297 Å². The number of carbonyl (C=O) groups is 3. The summed E-state index contributed by atoms with van der Waals surface area (Å²) in [5.41, 5.74) is 3.45. The van der Waals surface area contributed by atoms with Crippen LogP contribution in [0.2, 0.25) is 0 Å². The van der Waals surface area contributed by atoms with Crippen LogP contribution in [0.3, 0.4) is 0 Å². The van der Waals surface area contributed by atoms with E-state index in [1.165, 1.54) is 10.8 Å². The van der Waals surface area contributed by atoms with Crippen molar-refractivity contribution in [2.75, 3.05) is 23.8 Å². The highest BCUT2D eigenvalue weighted by Crippen LogP contribution is 2.37. The molecule has 2 aromatic carbocycles. The number of para-hydroxylation sites is 2. The molecule has 0 saturated heterocycles. The van der Waals surface area contributed by atoms with Crippen molar-refractivity contribution in [1.82, 2.24) is 30.0 Å². The molecule has 4 heterocycles. The van der Waals surface area contributed by atoms with Gasteiger partial charge in [0.05, 0.1) is 54.8 Å². The molecule has 2 amide bonds. The van der Waals surface area contributed by atoms with E-state index in [1.54, 1.807) is 55.2 Å². The minimum atomic E-state index is -1.56. The lowest BCUT2D eigenvalue weighted by atomic mass is 9.87. The van der Waals surface area contributed by atoms with E-state index < -0.39 is 73.5 Å². The van der Waals surface area contributed by atoms with Gasteiger partial charge in [-0.15, -0.1) is 10.2 Å². The number of amides is 2. The van der Waals surface area contributed by atoms with Gasteiger partial charge in [0.2, 0.25) is 17.6 Å². The second-order valence-electron chi connectivity index (χ2n) is 17.6. The summed E-state index contributed by atoms with van der Waals surface area (Å²) in [6.45, 7) is 3.99. The van der Waals surface area contributed by atoms with Crippen molar-refractivity contribution in [2.24, 2.45) is 11.8 Å². The molecule has 20 heteroatoms. The number of aromatic nitrogens is 6. The van der Waals surface area contributed by atoms with Crippen LogP contribution in [0, 0.1) is 11.8 Å². The Balaban J connectivity index is 0.893. The van der Waals surface area contributed by atoms with Crippen molar-refractivity contribution in [3.8, 4) is 22.5 Å². The van der Waals surface area contributed by atoms with Crippen LogP contribution in [0.25, 0.3) is 22.5 Å². The number of aliphatic hydroxyl groups excluding tert-OH is 6. The average Bonchev–Trinajstić information content (AvgIpc) is 4.03. The van der Waals surface area contributed by atoms with E-state index in [0.717, 1.165) is 44.9 Å². The number of carboxylic acid groups (broad SMARTS) is 1. The zero-order valence-electron chi connectivity index (χ0n) is 38.5. The fourth-order valence-electron chi connectivity index (χ4n) is 8.69. The van der Waals surface area contributed by atoms with Gasteiger partial charge in [-0.05, 0) is 44.1 Å². The van der Waals surface area contributed by atoms with E-state index in [4.69, 9.17) is 9.47 Å². The van der Waals surface area contributed by atoms with Crippen molar-refractivity contribution >= 4 is 29.2 Å². The van der Waals surface area contributed by atoms with Crippen molar-refractivity contribution in [2.45, 2.75) is 134 Å². The molecule has 0 spiro atoms. The zero-order chi connectivity index (χ0) is 48.9. The van der Waals surface area contributed by atoms with Crippen LogP contribution in [0.1, 0.15) is 97.1 Å². The number of carboxylic acids is 1. The van der Waals surface area contributed by atoms with Crippen LogP contribution in [0.4, 0.5) is 11.4 Å². The number of nitrogens with zero attached hydrogens (tertiary/aromatic N) is 6. The van der Waals surface area contributed by atoms with Crippen LogP contribution in [0.5, 0.6) is 0 Å². The highest BCUT2D eigenvalue weighted by molar-refractivity contribution is 5.95. The number of carbonyl (C=O) groups excluding carboxylic acids is 2. The predicted molar refractivity (Wildman–Crippen MR) is 248 cm³/mol. The average molecular weight is 945 g/mol. The molecule has 4 aromatic rings. The Hall–Kier alpha value is -6.03. The molecule has 2 aliphatic rings. The number of rotatable bonds is 24. The number of unbranched alkanes of at least 4 members (excludes halogenated alkanes) is 7. The van der Waals surface area contributed by atoms with E-state index in [1.807, 2.05) is 37.3 Å². The van der Waals surface area contributed by atoms with E-state index in [0.29, 0.717) is 58.9 Å². The SMILES string of the molecule is CC1=C[C@H](n2cc(-c3ccccc3NC(=O)CCCCCCCCCCC(=O)Nc3ccccc3-c3cn([C@H]4C=C(C(=O)O)O[C@@H]([C@H](O)[C@H](O)CO)[C@@H]4C)nn3)nn2)[C@@H](C)[C@H]([C@H](O)[C@H](O)CO)O1. The first-order valence-electron chi connectivity index (χ1n) is 23.2. The first kappa shape index (κ1) is 51.4. The number of ether oxygens (including phenoxy) is 2. The molecule has 0 saturated carbocycles. The molecule has 68 heavy (non-hydrogen) atoms. The fraction of sp³-hybridized carbons (Fsp3) is 0.521. The summed E-state index contributed by atoms with van der Waals surface area (Å²) in [4.78, 5) is 37.9. The summed E-state index contributed by atoms with van der Waals surface area (Å²) in [7, 11) is 0. The smallest absolute Gasteiger partial charge is 0.370 e. The minimum absolute atomic E-state index is 0.0984. The number of aliphatic hydroxyl groups is 6. The van der Waals surface area contributed by atoms with E-state index in [-0.39, 0.29) is 23.8 Å². The van der Waals surface area contributed by atoms with Crippen molar-refractivity contribution in [3.05, 3.63) is 84.6 Å². The maximum absolute atomic E-state index is 13.0. The number of allylic oxidation sites excluding steroid dienone is 3. The normalized spacial score (nSPS) is 22.1. The van der Waals surface area contributed by atoms with E-state index in [2.05, 4.69) is 31.3 Å². The maximum Gasteiger partial charge on any atom is 0.370 e. The third kappa shape index (κ3) is 12.9.